The molecule has 0 amide bonds. The lowest BCUT2D eigenvalue weighted by atomic mass is 10.1. The summed E-state index contributed by atoms with van der Waals surface area (Å²) in [7, 11) is 1.69. The van der Waals surface area contributed by atoms with Crippen LogP contribution in [0.4, 0.5) is 0 Å². The summed E-state index contributed by atoms with van der Waals surface area (Å²) in [5, 5.41) is 3.54. The Balaban J connectivity index is 2.36. The van der Waals surface area contributed by atoms with Crippen molar-refractivity contribution in [1.82, 2.24) is 5.32 Å². The average molecular weight is 251 g/mol. The molecule has 0 fully saturated rings. The molecule has 102 valence electrons. The summed E-state index contributed by atoms with van der Waals surface area (Å²) < 4.78 is 10.5. The Morgan fingerprint density at radius 3 is 2.33 bits per heavy atom. The van der Waals surface area contributed by atoms with Gasteiger partial charge in [-0.1, -0.05) is 12.1 Å². The van der Waals surface area contributed by atoms with Crippen LogP contribution in [0.2, 0.25) is 0 Å². The van der Waals surface area contributed by atoms with Crippen LogP contribution in [0.5, 0.6) is 5.75 Å². The van der Waals surface area contributed by atoms with E-state index in [9.17, 15) is 0 Å². The second-order valence-corrected chi connectivity index (χ2v) is 4.68. The van der Waals surface area contributed by atoms with E-state index in [4.69, 9.17) is 9.47 Å². The van der Waals surface area contributed by atoms with E-state index in [0.717, 1.165) is 25.4 Å². The average Bonchev–Trinajstić information content (AvgIpc) is 2.37. The molecule has 1 aromatic rings. The molecule has 1 aromatic carbocycles. The lowest BCUT2D eigenvalue weighted by Gasteiger charge is -2.20. The van der Waals surface area contributed by atoms with E-state index in [1.807, 2.05) is 19.1 Å². The maximum absolute atomic E-state index is 5.40. The fourth-order valence-electron chi connectivity index (χ4n) is 2.00. The zero-order valence-corrected chi connectivity index (χ0v) is 11.9. The molecule has 0 saturated carbocycles. The van der Waals surface area contributed by atoms with Gasteiger partial charge in [-0.2, -0.15) is 0 Å². The first kappa shape index (κ1) is 15.0. The summed E-state index contributed by atoms with van der Waals surface area (Å²) in [4.78, 5) is 0. The van der Waals surface area contributed by atoms with Crippen molar-refractivity contribution in [2.24, 2.45) is 0 Å². The van der Waals surface area contributed by atoms with Gasteiger partial charge in [-0.05, 0) is 44.9 Å². The first-order chi connectivity index (χ1) is 8.65. The van der Waals surface area contributed by atoms with Crippen LogP contribution in [0.1, 0.15) is 26.3 Å². The van der Waals surface area contributed by atoms with Crippen molar-refractivity contribution in [2.45, 2.75) is 39.3 Å². The zero-order chi connectivity index (χ0) is 13.4. The van der Waals surface area contributed by atoms with Crippen molar-refractivity contribution in [2.75, 3.05) is 20.3 Å². The molecule has 18 heavy (non-hydrogen) atoms. The topological polar surface area (TPSA) is 30.5 Å². The van der Waals surface area contributed by atoms with Gasteiger partial charge in [0.05, 0.1) is 13.7 Å². The summed E-state index contributed by atoms with van der Waals surface area (Å²) >= 11 is 0. The molecule has 2 unspecified atom stereocenters. The highest BCUT2D eigenvalue weighted by molar-refractivity contribution is 5.27. The molecule has 0 radical (unpaired) electrons. The Labute approximate surface area is 110 Å². The number of nitrogens with one attached hydrogen (secondary N) is 1. The first-order valence-corrected chi connectivity index (χ1v) is 6.62. The third-order valence-corrected chi connectivity index (χ3v) is 2.84. The van der Waals surface area contributed by atoms with Crippen LogP contribution in [-0.2, 0) is 11.2 Å². The van der Waals surface area contributed by atoms with Crippen LogP contribution in [0, 0.1) is 0 Å². The highest BCUT2D eigenvalue weighted by Crippen LogP contribution is 2.12. The van der Waals surface area contributed by atoms with Gasteiger partial charge in [-0.3, -0.25) is 0 Å². The number of benzene rings is 1. The third kappa shape index (κ3) is 5.52. The molecule has 1 rings (SSSR count). The molecule has 0 aliphatic rings. The molecule has 0 heterocycles. The number of rotatable bonds is 8. The van der Waals surface area contributed by atoms with Crippen molar-refractivity contribution in [3.8, 4) is 5.75 Å². The predicted octanol–water partition coefficient (Wildman–Crippen LogP) is 2.64. The zero-order valence-electron chi connectivity index (χ0n) is 11.9. The Morgan fingerprint density at radius 2 is 1.78 bits per heavy atom. The lowest BCUT2D eigenvalue weighted by Crippen LogP contribution is -2.38. The van der Waals surface area contributed by atoms with E-state index in [1.165, 1.54) is 5.56 Å². The molecule has 0 aromatic heterocycles. The summed E-state index contributed by atoms with van der Waals surface area (Å²) in [5.74, 6) is 0.907. The van der Waals surface area contributed by atoms with E-state index >= 15 is 0 Å². The largest absolute Gasteiger partial charge is 0.497 e. The standard InChI is InChI=1S/C15H25NO2/c1-5-18-11-13(3)16-12(2)10-14-6-8-15(17-4)9-7-14/h6-9,12-13,16H,5,10-11H2,1-4H3. The Bertz CT molecular complexity index is 324. The van der Waals surface area contributed by atoms with Gasteiger partial charge in [0.15, 0.2) is 0 Å². The Kier molecular flexibility index (Phi) is 6.76. The summed E-state index contributed by atoms with van der Waals surface area (Å²) in [6, 6.07) is 9.07. The second-order valence-electron chi connectivity index (χ2n) is 4.68. The normalized spacial score (nSPS) is 14.2. The molecule has 2 atom stereocenters. The van der Waals surface area contributed by atoms with E-state index in [2.05, 4.69) is 31.3 Å². The molecule has 3 heteroatoms. The first-order valence-electron chi connectivity index (χ1n) is 6.62. The molecule has 0 aliphatic carbocycles. The fraction of sp³-hybridized carbons (Fsp3) is 0.600. The minimum atomic E-state index is 0.387. The molecule has 0 spiro atoms. The number of hydrogen-bond acceptors (Lipinski definition) is 3. The molecule has 0 aliphatic heterocycles. The summed E-state index contributed by atoms with van der Waals surface area (Å²) in [6.07, 6.45) is 1.01. The number of ether oxygens (including phenoxy) is 2. The van der Waals surface area contributed by atoms with Crippen LogP contribution < -0.4 is 10.1 Å². The van der Waals surface area contributed by atoms with E-state index in [0.29, 0.717) is 12.1 Å². The third-order valence-electron chi connectivity index (χ3n) is 2.84. The van der Waals surface area contributed by atoms with E-state index in [1.54, 1.807) is 7.11 Å². The number of hydrogen-bond donors (Lipinski definition) is 1. The quantitative estimate of drug-likeness (QED) is 0.770. The smallest absolute Gasteiger partial charge is 0.118 e. The highest BCUT2D eigenvalue weighted by Gasteiger charge is 2.08. The minimum Gasteiger partial charge on any atom is -0.497 e. The van der Waals surface area contributed by atoms with Crippen LogP contribution >= 0.6 is 0 Å². The van der Waals surface area contributed by atoms with Gasteiger partial charge in [0, 0.05) is 18.7 Å². The summed E-state index contributed by atoms with van der Waals surface area (Å²) in [5.41, 5.74) is 1.32. The van der Waals surface area contributed by atoms with Crippen LogP contribution in [0.15, 0.2) is 24.3 Å². The van der Waals surface area contributed by atoms with Gasteiger partial charge in [-0.25, -0.2) is 0 Å². The minimum absolute atomic E-state index is 0.387. The second kappa shape index (κ2) is 8.11. The van der Waals surface area contributed by atoms with Crippen LogP contribution in [0.25, 0.3) is 0 Å². The van der Waals surface area contributed by atoms with Gasteiger partial charge in [0.2, 0.25) is 0 Å². The van der Waals surface area contributed by atoms with Crippen molar-refractivity contribution in [3.63, 3.8) is 0 Å². The SMILES string of the molecule is CCOCC(C)NC(C)Cc1ccc(OC)cc1. The molecular formula is C15H25NO2. The van der Waals surface area contributed by atoms with Gasteiger partial charge in [0.1, 0.15) is 5.75 Å². The molecule has 3 nitrogen and oxygen atoms in total. The molecule has 0 bridgehead atoms. The van der Waals surface area contributed by atoms with Gasteiger partial charge < -0.3 is 14.8 Å². The maximum Gasteiger partial charge on any atom is 0.118 e. The maximum atomic E-state index is 5.40. The molecule has 0 saturated heterocycles. The van der Waals surface area contributed by atoms with Gasteiger partial charge in [-0.15, -0.1) is 0 Å². The Hall–Kier alpha value is -1.06. The lowest BCUT2D eigenvalue weighted by molar-refractivity contribution is 0.124. The van der Waals surface area contributed by atoms with Crippen LogP contribution in [-0.4, -0.2) is 32.4 Å². The van der Waals surface area contributed by atoms with Gasteiger partial charge >= 0.3 is 0 Å². The predicted molar refractivity (Wildman–Crippen MR) is 75.3 cm³/mol. The molecular weight excluding hydrogens is 226 g/mol. The van der Waals surface area contributed by atoms with Crippen molar-refractivity contribution >= 4 is 0 Å². The van der Waals surface area contributed by atoms with Crippen LogP contribution in [0.3, 0.4) is 0 Å². The fourth-order valence-corrected chi connectivity index (χ4v) is 2.00. The van der Waals surface area contributed by atoms with Crippen molar-refractivity contribution in [3.05, 3.63) is 29.8 Å². The van der Waals surface area contributed by atoms with E-state index in [-0.39, 0.29) is 0 Å². The number of methoxy groups -OCH3 is 1. The highest BCUT2D eigenvalue weighted by atomic mass is 16.5. The summed E-state index contributed by atoms with van der Waals surface area (Å²) in [6.45, 7) is 7.92. The monoisotopic (exact) mass is 251 g/mol. The van der Waals surface area contributed by atoms with Crippen molar-refractivity contribution in [1.29, 1.82) is 0 Å². The molecule has 1 N–H and O–H groups in total. The van der Waals surface area contributed by atoms with Crippen molar-refractivity contribution < 1.29 is 9.47 Å². The Morgan fingerprint density at radius 1 is 1.11 bits per heavy atom. The van der Waals surface area contributed by atoms with E-state index < -0.39 is 0 Å². The van der Waals surface area contributed by atoms with Gasteiger partial charge in [0.25, 0.3) is 0 Å².